The first-order chi connectivity index (χ1) is 8.66. The summed E-state index contributed by atoms with van der Waals surface area (Å²) in [5, 5.41) is 4.26. The van der Waals surface area contributed by atoms with Gasteiger partial charge in [-0.3, -0.25) is 4.79 Å². The third-order valence-corrected chi connectivity index (χ3v) is 3.66. The quantitative estimate of drug-likeness (QED) is 0.669. The Morgan fingerprint density at radius 1 is 1.11 bits per heavy atom. The van der Waals surface area contributed by atoms with Gasteiger partial charge in [-0.15, -0.1) is 0 Å². The van der Waals surface area contributed by atoms with Crippen LogP contribution < -0.4 is 5.56 Å². The Bertz CT molecular complexity index is 418. The summed E-state index contributed by atoms with van der Waals surface area (Å²) < 4.78 is 1.39. The molecule has 1 rings (SSSR count). The zero-order valence-electron chi connectivity index (χ0n) is 10.8. The number of aromatic nitrogens is 2. The van der Waals surface area contributed by atoms with E-state index in [1.165, 1.54) is 43.0 Å². The van der Waals surface area contributed by atoms with E-state index in [9.17, 15) is 4.79 Å². The van der Waals surface area contributed by atoms with Crippen LogP contribution in [0.15, 0.2) is 11.0 Å². The summed E-state index contributed by atoms with van der Waals surface area (Å²) in [4.78, 5) is 11.7. The van der Waals surface area contributed by atoms with Gasteiger partial charge < -0.3 is 0 Å². The highest BCUT2D eigenvalue weighted by Crippen LogP contribution is 2.14. The number of hydrogen-bond donors (Lipinski definition) is 0. The molecule has 0 bridgehead atoms. The van der Waals surface area contributed by atoms with Gasteiger partial charge >= 0.3 is 0 Å². The minimum absolute atomic E-state index is 0.0645. The lowest BCUT2D eigenvalue weighted by Gasteiger charge is -2.05. The van der Waals surface area contributed by atoms with Crippen LogP contribution in [0.3, 0.4) is 0 Å². The lowest BCUT2D eigenvalue weighted by molar-refractivity contribution is 0.506. The van der Waals surface area contributed by atoms with Crippen molar-refractivity contribution in [2.75, 3.05) is 0 Å². The lowest BCUT2D eigenvalue weighted by atomic mass is 10.1. The summed E-state index contributed by atoms with van der Waals surface area (Å²) in [6.45, 7) is 2.83. The summed E-state index contributed by atoms with van der Waals surface area (Å²) in [5.74, 6) is 0. The van der Waals surface area contributed by atoms with E-state index >= 15 is 0 Å². The molecule has 1 aromatic rings. The molecule has 0 atom stereocenters. The van der Waals surface area contributed by atoms with Crippen molar-refractivity contribution in [3.63, 3.8) is 0 Å². The fourth-order valence-electron chi connectivity index (χ4n) is 1.82. The molecular weight excluding hydrogens is 271 g/mol. The highest BCUT2D eigenvalue weighted by atomic mass is 35.5. The molecule has 3 nitrogen and oxygen atoms in total. The van der Waals surface area contributed by atoms with Gasteiger partial charge in [-0.25, -0.2) is 4.68 Å². The number of nitrogens with zero attached hydrogens (tertiary/aromatic N) is 2. The number of aryl methyl sites for hydroxylation is 1. The van der Waals surface area contributed by atoms with E-state index in [1.807, 2.05) is 0 Å². The molecule has 1 aromatic heterocycles. The van der Waals surface area contributed by atoms with E-state index in [4.69, 9.17) is 23.2 Å². The minimum Gasteiger partial charge on any atom is -0.266 e. The number of halogens is 2. The van der Waals surface area contributed by atoms with E-state index in [1.54, 1.807) is 0 Å². The molecule has 0 aliphatic carbocycles. The lowest BCUT2D eigenvalue weighted by Crippen LogP contribution is -2.23. The SMILES string of the molecule is CCCCCCCCCn1ncc(Cl)c(Cl)c1=O. The Morgan fingerprint density at radius 3 is 2.39 bits per heavy atom. The third kappa shape index (κ3) is 4.99. The maximum absolute atomic E-state index is 11.7. The smallest absolute Gasteiger partial charge is 0.266 e. The maximum atomic E-state index is 11.7. The predicted octanol–water partition coefficient (Wildman–Crippen LogP) is 4.30. The average Bonchev–Trinajstić information content (AvgIpc) is 2.37. The molecule has 0 aliphatic heterocycles. The standard InChI is InChI=1S/C13H20Cl2N2O/c1-2-3-4-5-6-7-8-9-17-13(18)12(15)11(14)10-16-17/h10H,2-9H2,1H3. The van der Waals surface area contributed by atoms with E-state index in [2.05, 4.69) is 12.0 Å². The van der Waals surface area contributed by atoms with E-state index in [0.29, 0.717) is 6.54 Å². The van der Waals surface area contributed by atoms with Crippen molar-refractivity contribution in [3.05, 3.63) is 26.6 Å². The summed E-state index contributed by atoms with van der Waals surface area (Å²) in [5.41, 5.74) is -0.296. The van der Waals surface area contributed by atoms with Gasteiger partial charge in [0.15, 0.2) is 0 Å². The third-order valence-electron chi connectivity index (χ3n) is 2.92. The van der Waals surface area contributed by atoms with Crippen molar-refractivity contribution in [2.24, 2.45) is 0 Å². The Balaban J connectivity index is 2.28. The summed E-state index contributed by atoms with van der Waals surface area (Å²) >= 11 is 11.5. The van der Waals surface area contributed by atoms with E-state index < -0.39 is 0 Å². The highest BCUT2D eigenvalue weighted by molar-refractivity contribution is 6.41. The number of hydrogen-bond acceptors (Lipinski definition) is 2. The van der Waals surface area contributed by atoms with Gasteiger partial charge in [0.25, 0.3) is 5.56 Å². The molecule has 102 valence electrons. The van der Waals surface area contributed by atoms with Gasteiger partial charge in [0, 0.05) is 6.54 Å². The molecule has 0 fully saturated rings. The second-order valence-corrected chi connectivity index (χ2v) is 5.24. The second-order valence-electron chi connectivity index (χ2n) is 4.46. The molecule has 18 heavy (non-hydrogen) atoms. The fraction of sp³-hybridized carbons (Fsp3) is 0.692. The van der Waals surface area contributed by atoms with Gasteiger partial charge in [-0.2, -0.15) is 5.10 Å². The minimum atomic E-state index is -0.296. The number of rotatable bonds is 8. The molecule has 0 N–H and O–H groups in total. The van der Waals surface area contributed by atoms with Gasteiger partial charge in [-0.05, 0) is 6.42 Å². The van der Waals surface area contributed by atoms with Crippen molar-refractivity contribution in [2.45, 2.75) is 58.4 Å². The fourth-order valence-corrected chi connectivity index (χ4v) is 2.09. The maximum Gasteiger partial charge on any atom is 0.287 e. The van der Waals surface area contributed by atoms with Crippen LogP contribution in [0.5, 0.6) is 0 Å². The molecule has 0 aliphatic rings. The van der Waals surface area contributed by atoms with Crippen molar-refractivity contribution in [3.8, 4) is 0 Å². The van der Waals surface area contributed by atoms with Crippen molar-refractivity contribution in [1.29, 1.82) is 0 Å². The van der Waals surface area contributed by atoms with Gasteiger partial charge in [-0.1, -0.05) is 68.7 Å². The summed E-state index contributed by atoms with van der Waals surface area (Å²) in [7, 11) is 0. The summed E-state index contributed by atoms with van der Waals surface area (Å²) in [6, 6.07) is 0. The first-order valence-corrected chi connectivity index (χ1v) is 7.33. The van der Waals surface area contributed by atoms with Crippen LogP contribution in [0.4, 0.5) is 0 Å². The summed E-state index contributed by atoms with van der Waals surface area (Å²) in [6.07, 6.45) is 9.88. The molecule has 0 aromatic carbocycles. The normalized spacial score (nSPS) is 10.8. The zero-order chi connectivity index (χ0) is 13.4. The van der Waals surface area contributed by atoms with Crippen LogP contribution in [0.2, 0.25) is 10.0 Å². The van der Waals surface area contributed by atoms with Gasteiger partial charge in [0.1, 0.15) is 5.02 Å². The van der Waals surface area contributed by atoms with Crippen LogP contribution in [0.1, 0.15) is 51.9 Å². The Hall–Kier alpha value is -0.540. The molecular formula is C13H20Cl2N2O. The molecule has 0 amide bonds. The zero-order valence-corrected chi connectivity index (χ0v) is 12.3. The van der Waals surface area contributed by atoms with Crippen molar-refractivity contribution >= 4 is 23.2 Å². The molecule has 0 saturated carbocycles. The predicted molar refractivity (Wildman–Crippen MR) is 76.5 cm³/mol. The first-order valence-electron chi connectivity index (χ1n) is 6.58. The van der Waals surface area contributed by atoms with Gasteiger partial charge in [0.2, 0.25) is 0 Å². The van der Waals surface area contributed by atoms with Crippen LogP contribution in [-0.4, -0.2) is 9.78 Å². The van der Waals surface area contributed by atoms with Crippen LogP contribution >= 0.6 is 23.2 Å². The first kappa shape index (κ1) is 15.5. The molecule has 0 saturated heterocycles. The van der Waals surface area contributed by atoms with E-state index in [-0.39, 0.29) is 15.6 Å². The van der Waals surface area contributed by atoms with Gasteiger partial charge in [0.05, 0.1) is 11.2 Å². The topological polar surface area (TPSA) is 34.9 Å². The number of unbranched alkanes of at least 4 members (excludes halogenated alkanes) is 6. The van der Waals surface area contributed by atoms with Crippen molar-refractivity contribution in [1.82, 2.24) is 9.78 Å². The molecule has 1 heterocycles. The Morgan fingerprint density at radius 2 is 1.72 bits per heavy atom. The molecule has 0 radical (unpaired) electrons. The van der Waals surface area contributed by atoms with Crippen LogP contribution in [-0.2, 0) is 6.54 Å². The average molecular weight is 291 g/mol. The highest BCUT2D eigenvalue weighted by Gasteiger charge is 2.06. The van der Waals surface area contributed by atoms with Crippen LogP contribution in [0.25, 0.3) is 0 Å². The molecule has 0 spiro atoms. The monoisotopic (exact) mass is 290 g/mol. The molecule has 5 heteroatoms. The van der Waals surface area contributed by atoms with Crippen LogP contribution in [0, 0.1) is 0 Å². The Labute approximate surface area is 118 Å². The van der Waals surface area contributed by atoms with Crippen molar-refractivity contribution < 1.29 is 0 Å². The second kappa shape index (κ2) is 8.54. The largest absolute Gasteiger partial charge is 0.287 e. The Kier molecular flexibility index (Phi) is 7.36. The molecule has 0 unspecified atom stereocenters. The van der Waals surface area contributed by atoms with E-state index in [0.717, 1.165) is 12.8 Å².